The number of benzene rings is 1. The minimum atomic E-state index is 0.595. The van der Waals surface area contributed by atoms with Crippen LogP contribution in [0, 0.1) is 0 Å². The Kier molecular flexibility index (Phi) is 5.47. The molecule has 1 aromatic heterocycles. The number of aromatic nitrogens is 1. The number of anilines is 2. The second-order valence-electron chi connectivity index (χ2n) is 4.71. The van der Waals surface area contributed by atoms with E-state index in [1.54, 1.807) is 13.3 Å². The molecule has 0 bridgehead atoms. The minimum Gasteiger partial charge on any atom is -0.479 e. The van der Waals surface area contributed by atoms with Crippen molar-refractivity contribution in [2.24, 2.45) is 0 Å². The first kappa shape index (κ1) is 16.1. The van der Waals surface area contributed by atoms with Gasteiger partial charge < -0.3 is 15.0 Å². The van der Waals surface area contributed by atoms with E-state index in [4.69, 9.17) is 4.74 Å². The highest BCUT2D eigenvalue weighted by atomic mass is 79.9. The fraction of sp³-hybridized carbons (Fsp3) is 0.267. The Balaban J connectivity index is 2.24. The second kappa shape index (κ2) is 7.13. The molecular weight excluding hydrogens is 398 g/mol. The number of hydrogen-bond donors (Lipinski definition) is 1. The van der Waals surface area contributed by atoms with Crippen LogP contribution >= 0.6 is 31.9 Å². The number of hydrogen-bond acceptors (Lipinski definition) is 4. The van der Waals surface area contributed by atoms with Crippen molar-refractivity contribution in [2.75, 3.05) is 31.4 Å². The first-order valence-electron chi connectivity index (χ1n) is 6.41. The zero-order valence-corrected chi connectivity index (χ0v) is 15.3. The Labute approximate surface area is 141 Å². The second-order valence-corrected chi connectivity index (χ2v) is 6.42. The van der Waals surface area contributed by atoms with Gasteiger partial charge in [0.05, 0.1) is 12.8 Å². The molecule has 21 heavy (non-hydrogen) atoms. The van der Waals surface area contributed by atoms with Crippen LogP contribution in [0.3, 0.4) is 0 Å². The molecule has 6 heteroatoms. The van der Waals surface area contributed by atoms with E-state index < -0.39 is 0 Å². The summed E-state index contributed by atoms with van der Waals surface area (Å²) in [5.41, 5.74) is 3.10. The topological polar surface area (TPSA) is 37.4 Å². The third kappa shape index (κ3) is 3.89. The van der Waals surface area contributed by atoms with Crippen molar-refractivity contribution in [1.82, 2.24) is 4.98 Å². The van der Waals surface area contributed by atoms with Gasteiger partial charge >= 0.3 is 0 Å². The fourth-order valence-electron chi connectivity index (χ4n) is 1.97. The number of ether oxygens (including phenoxy) is 1. The molecule has 0 saturated carbocycles. The molecule has 0 aliphatic heterocycles. The Morgan fingerprint density at radius 2 is 1.95 bits per heavy atom. The van der Waals surface area contributed by atoms with Gasteiger partial charge in [0.2, 0.25) is 5.88 Å². The van der Waals surface area contributed by atoms with Crippen molar-refractivity contribution >= 4 is 43.2 Å². The summed E-state index contributed by atoms with van der Waals surface area (Å²) < 4.78 is 7.43. The van der Waals surface area contributed by atoms with E-state index in [1.807, 2.05) is 31.1 Å². The summed E-state index contributed by atoms with van der Waals surface area (Å²) in [6, 6.07) is 8.13. The van der Waals surface area contributed by atoms with Gasteiger partial charge in [-0.2, -0.15) is 0 Å². The number of methoxy groups -OCH3 is 1. The zero-order valence-electron chi connectivity index (χ0n) is 12.2. The van der Waals surface area contributed by atoms with Gasteiger partial charge in [-0.15, -0.1) is 0 Å². The van der Waals surface area contributed by atoms with Crippen LogP contribution in [0.1, 0.15) is 5.56 Å². The molecule has 0 atom stereocenters. The van der Waals surface area contributed by atoms with E-state index >= 15 is 0 Å². The van der Waals surface area contributed by atoms with Crippen LogP contribution in [0.5, 0.6) is 5.88 Å². The van der Waals surface area contributed by atoms with E-state index in [1.165, 1.54) is 5.56 Å². The van der Waals surface area contributed by atoms with Crippen molar-refractivity contribution in [3.63, 3.8) is 0 Å². The summed E-state index contributed by atoms with van der Waals surface area (Å²) in [4.78, 5) is 6.29. The summed E-state index contributed by atoms with van der Waals surface area (Å²) in [7, 11) is 5.62. The van der Waals surface area contributed by atoms with Crippen LogP contribution in [0.4, 0.5) is 11.4 Å². The van der Waals surface area contributed by atoms with Crippen molar-refractivity contribution in [3.8, 4) is 5.88 Å². The molecule has 0 aliphatic rings. The molecule has 0 spiro atoms. The van der Waals surface area contributed by atoms with E-state index in [-0.39, 0.29) is 0 Å². The lowest BCUT2D eigenvalue weighted by molar-refractivity contribution is 0.400. The molecule has 1 heterocycles. The molecule has 112 valence electrons. The quantitative estimate of drug-likeness (QED) is 0.791. The van der Waals surface area contributed by atoms with Gasteiger partial charge in [0.25, 0.3) is 0 Å². The van der Waals surface area contributed by atoms with E-state index in [2.05, 4.69) is 54.3 Å². The van der Waals surface area contributed by atoms with Crippen molar-refractivity contribution < 1.29 is 4.74 Å². The van der Waals surface area contributed by atoms with Crippen molar-refractivity contribution in [3.05, 3.63) is 45.0 Å². The van der Waals surface area contributed by atoms with Gasteiger partial charge in [0.15, 0.2) is 0 Å². The Morgan fingerprint density at radius 1 is 1.19 bits per heavy atom. The Morgan fingerprint density at radius 3 is 2.57 bits per heavy atom. The maximum atomic E-state index is 5.35. The van der Waals surface area contributed by atoms with Gasteiger partial charge in [-0.1, -0.05) is 6.07 Å². The van der Waals surface area contributed by atoms with Crippen LogP contribution in [-0.2, 0) is 6.54 Å². The average molecular weight is 415 g/mol. The number of pyridine rings is 1. The molecule has 1 N–H and O–H groups in total. The van der Waals surface area contributed by atoms with E-state index in [0.29, 0.717) is 12.4 Å². The predicted molar refractivity (Wildman–Crippen MR) is 94.3 cm³/mol. The maximum Gasteiger partial charge on any atom is 0.239 e. The number of rotatable bonds is 5. The van der Waals surface area contributed by atoms with Gasteiger partial charge in [0.1, 0.15) is 5.69 Å². The third-order valence-electron chi connectivity index (χ3n) is 3.02. The number of nitrogens with one attached hydrogen (secondary N) is 1. The van der Waals surface area contributed by atoms with Crippen LogP contribution in [0.15, 0.2) is 39.4 Å². The average Bonchev–Trinajstić information content (AvgIpc) is 2.48. The summed E-state index contributed by atoms with van der Waals surface area (Å²) in [6.45, 7) is 0.689. The Hall–Kier alpha value is -1.27. The van der Waals surface area contributed by atoms with Crippen LogP contribution in [-0.4, -0.2) is 26.2 Å². The van der Waals surface area contributed by atoms with Gasteiger partial charge in [-0.05, 0) is 55.6 Å². The fourth-order valence-corrected chi connectivity index (χ4v) is 2.64. The molecule has 0 fully saturated rings. The van der Waals surface area contributed by atoms with Crippen LogP contribution < -0.4 is 15.0 Å². The summed E-state index contributed by atoms with van der Waals surface area (Å²) in [5.74, 6) is 0.595. The van der Waals surface area contributed by atoms with Gasteiger partial charge in [0, 0.05) is 35.8 Å². The van der Waals surface area contributed by atoms with E-state index in [9.17, 15) is 0 Å². The van der Waals surface area contributed by atoms with Gasteiger partial charge in [-0.25, -0.2) is 4.98 Å². The molecule has 0 saturated heterocycles. The standard InChI is InChI=1S/C15H17Br2N3O/c1-20(2)13-6-7-18-15(21-3)14(13)19-9-10-4-5-11(16)12(17)8-10/h4-8,19H,9H2,1-3H3. The normalized spacial score (nSPS) is 10.3. The lowest BCUT2D eigenvalue weighted by atomic mass is 10.2. The molecule has 0 unspecified atom stereocenters. The van der Waals surface area contributed by atoms with E-state index in [0.717, 1.165) is 20.3 Å². The third-order valence-corrected chi connectivity index (χ3v) is 4.90. The number of halogens is 2. The highest BCUT2D eigenvalue weighted by Crippen LogP contribution is 2.32. The summed E-state index contributed by atoms with van der Waals surface area (Å²) in [6.07, 6.45) is 1.75. The summed E-state index contributed by atoms with van der Waals surface area (Å²) >= 11 is 6.99. The molecule has 1 aromatic carbocycles. The number of nitrogens with zero attached hydrogens (tertiary/aromatic N) is 2. The molecule has 2 rings (SSSR count). The lowest BCUT2D eigenvalue weighted by Crippen LogP contribution is -2.13. The lowest BCUT2D eigenvalue weighted by Gasteiger charge is -2.20. The highest BCUT2D eigenvalue weighted by Gasteiger charge is 2.12. The minimum absolute atomic E-state index is 0.595. The predicted octanol–water partition coefficient (Wildman–Crippen LogP) is 4.29. The molecule has 2 aromatic rings. The maximum absolute atomic E-state index is 5.35. The largest absolute Gasteiger partial charge is 0.479 e. The summed E-state index contributed by atoms with van der Waals surface area (Å²) in [5, 5.41) is 3.41. The molecular formula is C15H17Br2N3O. The van der Waals surface area contributed by atoms with Gasteiger partial charge in [-0.3, -0.25) is 0 Å². The van der Waals surface area contributed by atoms with Crippen molar-refractivity contribution in [2.45, 2.75) is 6.54 Å². The molecule has 0 radical (unpaired) electrons. The zero-order chi connectivity index (χ0) is 15.4. The first-order valence-corrected chi connectivity index (χ1v) is 7.99. The van der Waals surface area contributed by atoms with Crippen molar-refractivity contribution in [1.29, 1.82) is 0 Å². The monoisotopic (exact) mass is 413 g/mol. The first-order chi connectivity index (χ1) is 10.0. The van der Waals surface area contributed by atoms with Crippen LogP contribution in [0.25, 0.3) is 0 Å². The molecule has 4 nitrogen and oxygen atoms in total. The SMILES string of the molecule is COc1nccc(N(C)C)c1NCc1ccc(Br)c(Br)c1. The molecule has 0 aliphatic carbocycles. The molecule has 0 amide bonds. The Bertz CT molecular complexity index is 632. The smallest absolute Gasteiger partial charge is 0.239 e. The highest BCUT2D eigenvalue weighted by molar-refractivity contribution is 9.13. The van der Waals surface area contributed by atoms with Crippen LogP contribution in [0.2, 0.25) is 0 Å².